The van der Waals surface area contributed by atoms with Gasteiger partial charge in [0.1, 0.15) is 0 Å². The van der Waals surface area contributed by atoms with Crippen molar-refractivity contribution in [1.82, 2.24) is 30.5 Å². The zero-order valence-electron chi connectivity index (χ0n) is 8.42. The summed E-state index contributed by atoms with van der Waals surface area (Å²) < 4.78 is 6.36. The summed E-state index contributed by atoms with van der Waals surface area (Å²) in [5.41, 5.74) is 1.04. The predicted molar refractivity (Wildman–Crippen MR) is 50.7 cm³/mol. The van der Waals surface area contributed by atoms with Gasteiger partial charge in [0.2, 0.25) is 6.39 Å². The van der Waals surface area contributed by atoms with Crippen molar-refractivity contribution in [2.24, 2.45) is 7.05 Å². The average molecular weight is 208 g/mol. The molecule has 7 nitrogen and oxygen atoms in total. The molecule has 7 heteroatoms. The number of hydrogen-bond donors (Lipinski definition) is 1. The van der Waals surface area contributed by atoms with Gasteiger partial charge in [0.15, 0.2) is 5.82 Å². The molecule has 0 bridgehead atoms. The van der Waals surface area contributed by atoms with E-state index >= 15 is 0 Å². The fourth-order valence-corrected chi connectivity index (χ4v) is 1.19. The van der Waals surface area contributed by atoms with Crippen LogP contribution in [0.25, 0.3) is 0 Å². The van der Waals surface area contributed by atoms with Gasteiger partial charge in [-0.15, -0.1) is 5.10 Å². The summed E-state index contributed by atoms with van der Waals surface area (Å²) in [5, 5.41) is 14.6. The molecule has 2 aromatic heterocycles. The average Bonchev–Trinajstić information content (AvgIpc) is 2.85. The van der Waals surface area contributed by atoms with Crippen molar-refractivity contribution < 1.29 is 4.52 Å². The lowest BCUT2D eigenvalue weighted by molar-refractivity contribution is 0.409. The summed E-state index contributed by atoms with van der Waals surface area (Å²) in [7, 11) is 1.86. The lowest BCUT2D eigenvalue weighted by Crippen LogP contribution is -2.18. The van der Waals surface area contributed by atoms with Crippen molar-refractivity contribution in [2.75, 3.05) is 6.54 Å². The van der Waals surface area contributed by atoms with Crippen LogP contribution < -0.4 is 5.32 Å². The van der Waals surface area contributed by atoms with Crippen LogP contribution in [0.2, 0.25) is 0 Å². The Morgan fingerprint density at radius 1 is 1.53 bits per heavy atom. The van der Waals surface area contributed by atoms with Gasteiger partial charge in [-0.05, 0) is 0 Å². The Kier molecular flexibility index (Phi) is 3.03. The Morgan fingerprint density at radius 3 is 3.13 bits per heavy atom. The smallest absolute Gasteiger partial charge is 0.213 e. The third-order valence-corrected chi connectivity index (χ3v) is 2.05. The second kappa shape index (κ2) is 4.65. The van der Waals surface area contributed by atoms with Gasteiger partial charge in [-0.2, -0.15) is 4.98 Å². The van der Waals surface area contributed by atoms with E-state index in [1.54, 1.807) is 10.9 Å². The Labute approximate surface area is 86.5 Å². The Hall–Kier alpha value is -1.76. The molecule has 15 heavy (non-hydrogen) atoms. The van der Waals surface area contributed by atoms with E-state index < -0.39 is 0 Å². The molecule has 80 valence electrons. The number of aryl methyl sites for hydroxylation is 1. The van der Waals surface area contributed by atoms with E-state index in [0.29, 0.717) is 5.82 Å². The summed E-state index contributed by atoms with van der Waals surface area (Å²) in [6.07, 6.45) is 3.82. The molecule has 2 aromatic rings. The molecular weight excluding hydrogens is 196 g/mol. The van der Waals surface area contributed by atoms with Crippen LogP contribution >= 0.6 is 0 Å². The standard InChI is InChI=1S/C8H12N6O/c1-14-7(5-11-13-14)4-9-3-2-8-10-6-15-12-8/h5-6,9H,2-4H2,1H3. The summed E-state index contributed by atoms with van der Waals surface area (Å²) in [6, 6.07) is 0. The SMILES string of the molecule is Cn1nncc1CNCCc1ncon1. The first-order chi connectivity index (χ1) is 7.36. The fraction of sp³-hybridized carbons (Fsp3) is 0.500. The minimum absolute atomic E-state index is 0.714. The van der Waals surface area contributed by atoms with Gasteiger partial charge in [-0.25, -0.2) is 0 Å². The van der Waals surface area contributed by atoms with Crippen LogP contribution in [0.4, 0.5) is 0 Å². The summed E-state index contributed by atoms with van der Waals surface area (Å²) in [5.74, 6) is 0.714. The Morgan fingerprint density at radius 2 is 2.47 bits per heavy atom. The Balaban J connectivity index is 1.70. The molecule has 2 rings (SSSR count). The largest absolute Gasteiger partial charge is 0.343 e. The number of nitrogens with zero attached hydrogens (tertiary/aromatic N) is 5. The maximum absolute atomic E-state index is 4.62. The van der Waals surface area contributed by atoms with E-state index in [2.05, 4.69) is 30.3 Å². The van der Waals surface area contributed by atoms with Crippen molar-refractivity contribution in [2.45, 2.75) is 13.0 Å². The lowest BCUT2D eigenvalue weighted by Gasteiger charge is -2.01. The molecule has 0 atom stereocenters. The molecule has 0 saturated carbocycles. The van der Waals surface area contributed by atoms with Crippen LogP contribution in [0.3, 0.4) is 0 Å². The molecule has 0 aliphatic carbocycles. The van der Waals surface area contributed by atoms with Crippen LogP contribution in [0, 0.1) is 0 Å². The van der Waals surface area contributed by atoms with Crippen LogP contribution in [0.1, 0.15) is 11.5 Å². The Bertz CT molecular complexity index is 395. The van der Waals surface area contributed by atoms with E-state index in [4.69, 9.17) is 0 Å². The number of hydrogen-bond acceptors (Lipinski definition) is 6. The van der Waals surface area contributed by atoms with Gasteiger partial charge in [0.05, 0.1) is 11.9 Å². The molecule has 0 fully saturated rings. The molecule has 2 heterocycles. The van der Waals surface area contributed by atoms with Crippen LogP contribution in [0.15, 0.2) is 17.1 Å². The number of nitrogens with one attached hydrogen (secondary N) is 1. The highest BCUT2D eigenvalue weighted by Crippen LogP contribution is 1.93. The minimum Gasteiger partial charge on any atom is -0.343 e. The summed E-state index contributed by atoms with van der Waals surface area (Å²) in [4.78, 5) is 3.92. The summed E-state index contributed by atoms with van der Waals surface area (Å²) in [6.45, 7) is 1.53. The van der Waals surface area contributed by atoms with Crippen LogP contribution in [-0.4, -0.2) is 31.7 Å². The first-order valence-corrected chi connectivity index (χ1v) is 4.66. The van der Waals surface area contributed by atoms with E-state index in [0.717, 1.165) is 25.2 Å². The molecule has 0 amide bonds. The van der Waals surface area contributed by atoms with Gasteiger partial charge >= 0.3 is 0 Å². The summed E-state index contributed by atoms with van der Waals surface area (Å²) >= 11 is 0. The van der Waals surface area contributed by atoms with Crippen molar-refractivity contribution in [1.29, 1.82) is 0 Å². The monoisotopic (exact) mass is 208 g/mol. The molecule has 1 N–H and O–H groups in total. The highest BCUT2D eigenvalue weighted by atomic mass is 16.5. The third-order valence-electron chi connectivity index (χ3n) is 2.05. The molecule has 0 radical (unpaired) electrons. The minimum atomic E-state index is 0.714. The maximum atomic E-state index is 4.62. The van der Waals surface area contributed by atoms with Crippen molar-refractivity contribution in [3.8, 4) is 0 Å². The first kappa shape index (κ1) is 9.78. The zero-order chi connectivity index (χ0) is 10.5. The van der Waals surface area contributed by atoms with Crippen molar-refractivity contribution in [3.05, 3.63) is 24.1 Å². The quantitative estimate of drug-likeness (QED) is 0.669. The van der Waals surface area contributed by atoms with E-state index in [1.165, 1.54) is 6.39 Å². The fourth-order valence-electron chi connectivity index (χ4n) is 1.19. The van der Waals surface area contributed by atoms with E-state index in [-0.39, 0.29) is 0 Å². The lowest BCUT2D eigenvalue weighted by atomic mass is 10.4. The van der Waals surface area contributed by atoms with Crippen LogP contribution in [0.5, 0.6) is 0 Å². The predicted octanol–water partition coefficient (Wildman–Crippen LogP) is -0.470. The molecule has 0 aliphatic heterocycles. The molecule has 0 aliphatic rings. The van der Waals surface area contributed by atoms with Crippen LogP contribution in [-0.2, 0) is 20.0 Å². The van der Waals surface area contributed by atoms with Gasteiger partial charge in [-0.1, -0.05) is 10.4 Å². The molecular formula is C8H12N6O. The molecule has 0 spiro atoms. The zero-order valence-corrected chi connectivity index (χ0v) is 8.42. The van der Waals surface area contributed by atoms with Gasteiger partial charge < -0.3 is 9.84 Å². The van der Waals surface area contributed by atoms with E-state index in [1.807, 2.05) is 7.05 Å². The number of aromatic nitrogens is 5. The van der Waals surface area contributed by atoms with Crippen molar-refractivity contribution >= 4 is 0 Å². The topological polar surface area (TPSA) is 81.7 Å². The molecule has 0 aromatic carbocycles. The van der Waals surface area contributed by atoms with Crippen molar-refractivity contribution in [3.63, 3.8) is 0 Å². The van der Waals surface area contributed by atoms with Gasteiger partial charge in [-0.3, -0.25) is 4.68 Å². The molecule has 0 saturated heterocycles. The number of rotatable bonds is 5. The third kappa shape index (κ3) is 2.59. The first-order valence-electron chi connectivity index (χ1n) is 4.66. The second-order valence-electron chi connectivity index (χ2n) is 3.12. The second-order valence-corrected chi connectivity index (χ2v) is 3.12. The van der Waals surface area contributed by atoms with E-state index in [9.17, 15) is 0 Å². The molecule has 0 unspecified atom stereocenters. The highest BCUT2D eigenvalue weighted by Gasteiger charge is 2.00. The normalized spacial score (nSPS) is 10.7. The maximum Gasteiger partial charge on any atom is 0.213 e. The van der Waals surface area contributed by atoms with Gasteiger partial charge in [0.25, 0.3) is 0 Å². The van der Waals surface area contributed by atoms with Gasteiger partial charge in [0, 0.05) is 26.6 Å². The highest BCUT2D eigenvalue weighted by molar-refractivity contribution is 4.92.